The van der Waals surface area contributed by atoms with E-state index in [4.69, 9.17) is 25.8 Å². The molecule has 2 aromatic heterocycles. The topological polar surface area (TPSA) is 101 Å². The average molecular weight is 550 g/mol. The average Bonchev–Trinajstić information content (AvgIpc) is 3.34. The summed E-state index contributed by atoms with van der Waals surface area (Å²) in [4.78, 5) is 17.5. The van der Waals surface area contributed by atoms with Crippen LogP contribution in [0.4, 0.5) is 0 Å². The molecule has 0 aliphatic carbocycles. The smallest absolute Gasteiger partial charge is 0.329 e. The molecule has 0 amide bonds. The van der Waals surface area contributed by atoms with Gasteiger partial charge in [0.05, 0.1) is 35.9 Å². The van der Waals surface area contributed by atoms with Crippen molar-refractivity contribution in [1.82, 2.24) is 25.2 Å². The molecule has 0 spiro atoms. The Morgan fingerprint density at radius 1 is 1.31 bits per heavy atom. The zero-order valence-corrected chi connectivity index (χ0v) is 19.1. The van der Waals surface area contributed by atoms with Crippen molar-refractivity contribution in [3.8, 4) is 21.6 Å². The van der Waals surface area contributed by atoms with E-state index >= 15 is 0 Å². The minimum Gasteiger partial charge on any atom is -0.492 e. The van der Waals surface area contributed by atoms with E-state index in [1.54, 1.807) is 13.1 Å². The Morgan fingerprint density at radius 3 is 2.97 bits per heavy atom. The van der Waals surface area contributed by atoms with Crippen LogP contribution in [0.15, 0.2) is 24.4 Å². The largest absolute Gasteiger partial charge is 0.492 e. The van der Waals surface area contributed by atoms with Crippen molar-refractivity contribution >= 4 is 51.5 Å². The van der Waals surface area contributed by atoms with Gasteiger partial charge in [0.25, 0.3) is 5.19 Å². The Balaban J connectivity index is 1.44. The lowest BCUT2D eigenvalue weighted by molar-refractivity contribution is -0.144. The number of aromatic nitrogens is 5. The van der Waals surface area contributed by atoms with Gasteiger partial charge >= 0.3 is 5.97 Å². The highest BCUT2D eigenvalue weighted by Gasteiger charge is 2.13. The van der Waals surface area contributed by atoms with Gasteiger partial charge in [-0.15, -0.1) is 10.2 Å². The number of tetrazole rings is 1. The molecule has 0 aliphatic heterocycles. The molecule has 9 nitrogen and oxygen atoms in total. The lowest BCUT2D eigenvalue weighted by Crippen LogP contribution is -2.15. The van der Waals surface area contributed by atoms with Crippen LogP contribution in [0.3, 0.4) is 0 Å². The molecule has 0 aliphatic rings. The molecule has 0 fully saturated rings. The van der Waals surface area contributed by atoms with Crippen LogP contribution in [0.1, 0.15) is 13.3 Å². The van der Waals surface area contributed by atoms with Crippen molar-refractivity contribution in [2.45, 2.75) is 19.9 Å². The van der Waals surface area contributed by atoms with Gasteiger partial charge in [0, 0.05) is 9.99 Å². The third-order valence-electron chi connectivity index (χ3n) is 3.40. The maximum Gasteiger partial charge on any atom is 0.329 e. The van der Waals surface area contributed by atoms with Crippen molar-refractivity contribution in [2.75, 3.05) is 19.8 Å². The Morgan fingerprint density at radius 2 is 2.14 bits per heavy atom. The molecular weight excluding hydrogens is 533 g/mol. The second kappa shape index (κ2) is 10.7. The molecule has 0 N–H and O–H groups in total. The summed E-state index contributed by atoms with van der Waals surface area (Å²) in [6.45, 7) is 2.87. The molecule has 0 radical (unpaired) electrons. The number of hydrogen-bond donors (Lipinski definition) is 0. The molecule has 12 heteroatoms. The first-order chi connectivity index (χ1) is 14.0. The van der Waals surface area contributed by atoms with Crippen LogP contribution in [-0.4, -0.2) is 51.0 Å². The van der Waals surface area contributed by atoms with Crippen molar-refractivity contribution in [3.63, 3.8) is 0 Å². The molecule has 0 atom stereocenters. The zero-order valence-electron chi connectivity index (χ0n) is 15.4. The van der Waals surface area contributed by atoms with Gasteiger partial charge in [-0.2, -0.15) is 4.80 Å². The van der Waals surface area contributed by atoms with E-state index in [1.807, 2.05) is 18.2 Å². The van der Waals surface area contributed by atoms with Crippen molar-refractivity contribution < 1.29 is 19.0 Å². The van der Waals surface area contributed by atoms with E-state index in [2.05, 4.69) is 43.0 Å². The van der Waals surface area contributed by atoms with Gasteiger partial charge < -0.3 is 14.2 Å². The number of thiazole rings is 1. The molecule has 0 bridgehead atoms. The van der Waals surface area contributed by atoms with E-state index in [0.29, 0.717) is 52.9 Å². The Kier molecular flexibility index (Phi) is 8.00. The number of esters is 1. The molecule has 3 rings (SSSR count). The van der Waals surface area contributed by atoms with Crippen LogP contribution in [-0.2, 0) is 16.1 Å². The minimum absolute atomic E-state index is 0.0898. The molecule has 0 unspecified atom stereocenters. The Bertz CT molecular complexity index is 967. The van der Waals surface area contributed by atoms with Crippen LogP contribution in [0, 0.1) is 3.57 Å². The number of halogens is 2. The van der Waals surface area contributed by atoms with Gasteiger partial charge in [-0.3, -0.25) is 0 Å². The first-order valence-corrected chi connectivity index (χ1v) is 10.9. The zero-order chi connectivity index (χ0) is 20.6. The quantitative estimate of drug-likeness (QED) is 0.215. The third-order valence-corrected chi connectivity index (χ3v) is 5.29. The van der Waals surface area contributed by atoms with Gasteiger partial charge in [-0.1, -0.05) is 22.9 Å². The molecule has 2 heterocycles. The number of hydrogen-bond acceptors (Lipinski definition) is 9. The van der Waals surface area contributed by atoms with Gasteiger partial charge in [-0.05, 0) is 52.9 Å². The predicted molar refractivity (Wildman–Crippen MR) is 115 cm³/mol. The Hall–Kier alpha value is -1.99. The first-order valence-electron chi connectivity index (χ1n) is 8.65. The van der Waals surface area contributed by atoms with Crippen LogP contribution in [0.5, 0.6) is 10.9 Å². The number of carbonyl (C=O) groups is 1. The minimum atomic E-state index is -0.418. The van der Waals surface area contributed by atoms with Crippen LogP contribution >= 0.6 is 45.5 Å². The molecule has 1 aromatic carbocycles. The summed E-state index contributed by atoms with van der Waals surface area (Å²) < 4.78 is 17.2. The van der Waals surface area contributed by atoms with Crippen LogP contribution in [0.25, 0.3) is 10.7 Å². The number of carbonyl (C=O) groups excluding carboxylic acids is 1. The third kappa shape index (κ3) is 6.51. The Labute approximate surface area is 189 Å². The highest BCUT2D eigenvalue weighted by atomic mass is 127. The number of rotatable bonds is 10. The van der Waals surface area contributed by atoms with Gasteiger partial charge in [0.15, 0.2) is 6.54 Å². The lowest BCUT2D eigenvalue weighted by Gasteiger charge is -2.08. The standard InChI is InChI=1S/C17H17ClIN5O4S/c1-2-26-15(25)10-24-22-16(21-23-24)14-9-20-17(29-14)28-7-3-6-27-13-8-11(19)4-5-12(13)18/h4-5,8-9H,2-3,6-7,10H2,1H3. The monoisotopic (exact) mass is 549 g/mol. The van der Waals surface area contributed by atoms with Gasteiger partial charge in [0.2, 0.25) is 5.82 Å². The summed E-state index contributed by atoms with van der Waals surface area (Å²) >= 11 is 9.60. The second-order valence-corrected chi connectivity index (χ2v) is 8.21. The van der Waals surface area contributed by atoms with Crippen LogP contribution in [0.2, 0.25) is 5.02 Å². The summed E-state index contributed by atoms with van der Waals surface area (Å²) in [6.07, 6.45) is 2.28. The highest BCUT2D eigenvalue weighted by Crippen LogP contribution is 2.28. The van der Waals surface area contributed by atoms with Crippen molar-refractivity contribution in [1.29, 1.82) is 0 Å². The maximum atomic E-state index is 11.5. The maximum absolute atomic E-state index is 11.5. The van der Waals surface area contributed by atoms with Crippen molar-refractivity contribution in [2.24, 2.45) is 0 Å². The van der Waals surface area contributed by atoms with E-state index in [1.165, 1.54) is 16.1 Å². The fourth-order valence-electron chi connectivity index (χ4n) is 2.15. The molecule has 29 heavy (non-hydrogen) atoms. The van der Waals surface area contributed by atoms with E-state index < -0.39 is 5.97 Å². The van der Waals surface area contributed by atoms with E-state index in [0.717, 1.165) is 3.57 Å². The lowest BCUT2D eigenvalue weighted by atomic mass is 10.3. The SMILES string of the molecule is CCOC(=O)Cn1nnc(-c2cnc(OCCCOc3cc(I)ccc3Cl)s2)n1. The predicted octanol–water partition coefficient (Wildman–Crippen LogP) is 3.47. The summed E-state index contributed by atoms with van der Waals surface area (Å²) in [5, 5.41) is 13.0. The molecule has 0 saturated carbocycles. The van der Waals surface area contributed by atoms with Gasteiger partial charge in [-0.25, -0.2) is 9.78 Å². The van der Waals surface area contributed by atoms with Crippen LogP contribution < -0.4 is 9.47 Å². The van der Waals surface area contributed by atoms with Crippen molar-refractivity contribution in [3.05, 3.63) is 33.0 Å². The normalized spacial score (nSPS) is 10.7. The number of nitrogens with zero attached hydrogens (tertiary/aromatic N) is 5. The number of benzene rings is 1. The number of ether oxygens (including phenoxy) is 3. The molecular formula is C17H17ClIN5O4S. The summed E-state index contributed by atoms with van der Waals surface area (Å²) in [7, 11) is 0. The fraction of sp³-hybridized carbons (Fsp3) is 0.353. The van der Waals surface area contributed by atoms with Gasteiger partial charge in [0.1, 0.15) is 5.75 Å². The molecule has 154 valence electrons. The summed E-state index contributed by atoms with van der Waals surface area (Å²) in [5.41, 5.74) is 0. The second-order valence-electron chi connectivity index (χ2n) is 5.56. The summed E-state index contributed by atoms with van der Waals surface area (Å²) in [5.74, 6) is 0.615. The fourth-order valence-corrected chi connectivity index (χ4v) is 3.50. The molecule has 3 aromatic rings. The van der Waals surface area contributed by atoms with E-state index in [-0.39, 0.29) is 6.54 Å². The molecule has 0 saturated heterocycles. The highest BCUT2D eigenvalue weighted by molar-refractivity contribution is 14.1. The first kappa shape index (κ1) is 21.7. The van der Waals surface area contributed by atoms with E-state index in [9.17, 15) is 4.79 Å². The summed E-state index contributed by atoms with van der Waals surface area (Å²) in [6, 6.07) is 5.62.